The monoisotopic (exact) mass is 142 g/mol. The topological polar surface area (TPSA) is 52.0 Å². The van der Waals surface area contributed by atoms with Crippen LogP contribution in [0.5, 0.6) is 0 Å². The fraction of sp³-hybridized carbons (Fsp3) is 1.00. The first-order valence-electron chi connectivity index (χ1n) is 4.17. The van der Waals surface area contributed by atoms with Gasteiger partial charge in [-0.1, -0.05) is 0 Å². The van der Waals surface area contributed by atoms with Crippen molar-refractivity contribution in [2.45, 2.75) is 38.6 Å². The van der Waals surface area contributed by atoms with Crippen molar-refractivity contribution in [3.63, 3.8) is 0 Å². The van der Waals surface area contributed by atoms with Gasteiger partial charge in [-0.3, -0.25) is 0 Å². The summed E-state index contributed by atoms with van der Waals surface area (Å²) in [5, 5.41) is 0. The van der Waals surface area contributed by atoms with Gasteiger partial charge in [0.15, 0.2) is 0 Å². The molecular formula is C8H18N2. The van der Waals surface area contributed by atoms with Crippen LogP contribution in [0, 0.1) is 5.41 Å². The Morgan fingerprint density at radius 1 is 1.50 bits per heavy atom. The van der Waals surface area contributed by atoms with Crippen LogP contribution >= 0.6 is 0 Å². The second-order valence-corrected chi connectivity index (χ2v) is 3.54. The molecule has 0 aromatic rings. The molecule has 1 fully saturated rings. The highest BCUT2D eigenvalue weighted by Gasteiger charge is 2.44. The van der Waals surface area contributed by atoms with Crippen molar-refractivity contribution in [2.75, 3.05) is 6.54 Å². The lowest BCUT2D eigenvalue weighted by molar-refractivity contribution is 0.381. The van der Waals surface area contributed by atoms with Crippen molar-refractivity contribution in [1.29, 1.82) is 0 Å². The molecule has 1 aliphatic carbocycles. The smallest absolute Gasteiger partial charge is 0.00670 e. The van der Waals surface area contributed by atoms with Gasteiger partial charge in [0.2, 0.25) is 0 Å². The first-order valence-corrected chi connectivity index (χ1v) is 4.17. The molecule has 0 heterocycles. The van der Waals surface area contributed by atoms with Crippen molar-refractivity contribution in [3.8, 4) is 0 Å². The highest BCUT2D eigenvalue weighted by atomic mass is 14.7. The number of hydrogen-bond donors (Lipinski definition) is 2. The highest BCUT2D eigenvalue weighted by Crippen LogP contribution is 2.51. The van der Waals surface area contributed by atoms with Crippen molar-refractivity contribution in [1.82, 2.24) is 0 Å². The van der Waals surface area contributed by atoms with Crippen molar-refractivity contribution in [2.24, 2.45) is 16.9 Å². The van der Waals surface area contributed by atoms with Crippen LogP contribution in [-0.4, -0.2) is 12.6 Å². The molecule has 0 aliphatic heterocycles. The first kappa shape index (κ1) is 8.02. The van der Waals surface area contributed by atoms with Gasteiger partial charge in [0, 0.05) is 6.04 Å². The second-order valence-electron chi connectivity index (χ2n) is 3.54. The Bertz CT molecular complexity index is 106. The van der Waals surface area contributed by atoms with Crippen LogP contribution in [0.1, 0.15) is 32.6 Å². The zero-order valence-electron chi connectivity index (χ0n) is 6.77. The van der Waals surface area contributed by atoms with Gasteiger partial charge in [-0.15, -0.1) is 0 Å². The molecule has 0 bridgehead atoms. The number of nitrogens with two attached hydrogens (primary N) is 2. The van der Waals surface area contributed by atoms with Crippen LogP contribution < -0.4 is 11.5 Å². The average molecular weight is 142 g/mol. The second kappa shape index (κ2) is 2.89. The molecule has 0 saturated heterocycles. The normalized spacial score (nSPS) is 24.3. The molecule has 2 heteroatoms. The van der Waals surface area contributed by atoms with Crippen LogP contribution in [0.2, 0.25) is 0 Å². The number of hydrogen-bond acceptors (Lipinski definition) is 2. The quantitative estimate of drug-likeness (QED) is 0.611. The maximum absolute atomic E-state index is 5.83. The first-order chi connectivity index (χ1) is 4.71. The Labute approximate surface area is 63.0 Å². The molecule has 0 aromatic carbocycles. The third-order valence-corrected chi connectivity index (χ3v) is 2.74. The van der Waals surface area contributed by atoms with Crippen molar-refractivity contribution < 1.29 is 0 Å². The summed E-state index contributed by atoms with van der Waals surface area (Å²) in [5.74, 6) is 0. The Balaban J connectivity index is 2.24. The summed E-state index contributed by atoms with van der Waals surface area (Å²) in [6, 6.07) is 0.374. The lowest BCUT2D eigenvalue weighted by Crippen LogP contribution is -2.28. The summed E-state index contributed by atoms with van der Waals surface area (Å²) in [5.41, 5.74) is 11.8. The minimum Gasteiger partial charge on any atom is -0.330 e. The Kier molecular flexibility index (Phi) is 2.32. The number of rotatable bonds is 4. The summed E-state index contributed by atoms with van der Waals surface area (Å²) in [7, 11) is 0. The maximum Gasteiger partial charge on any atom is 0.00670 e. The third kappa shape index (κ3) is 1.50. The van der Waals surface area contributed by atoms with Gasteiger partial charge in [0.25, 0.3) is 0 Å². The van der Waals surface area contributed by atoms with E-state index in [1.165, 1.54) is 19.3 Å². The largest absolute Gasteiger partial charge is 0.330 e. The van der Waals surface area contributed by atoms with Gasteiger partial charge in [0.1, 0.15) is 0 Å². The Hall–Kier alpha value is -0.0800. The fourth-order valence-electron chi connectivity index (χ4n) is 1.55. The predicted octanol–water partition coefficient (Wildman–Crippen LogP) is 0.853. The molecule has 4 N–H and O–H groups in total. The van der Waals surface area contributed by atoms with E-state index in [1.54, 1.807) is 0 Å². The van der Waals surface area contributed by atoms with E-state index in [2.05, 4.69) is 6.92 Å². The van der Waals surface area contributed by atoms with Crippen LogP contribution in [0.4, 0.5) is 0 Å². The molecule has 1 atom stereocenters. The van der Waals surface area contributed by atoms with Crippen LogP contribution in [-0.2, 0) is 0 Å². The SMILES string of the molecule is CC(N)C1(CCCN)CC1. The van der Waals surface area contributed by atoms with E-state index in [1.807, 2.05) is 0 Å². The standard InChI is InChI=1S/C8H18N2/c1-7(10)8(4-5-8)3-2-6-9/h7H,2-6,9-10H2,1H3. The minimum atomic E-state index is 0.374. The van der Waals surface area contributed by atoms with E-state index in [9.17, 15) is 0 Å². The van der Waals surface area contributed by atoms with E-state index >= 15 is 0 Å². The summed E-state index contributed by atoms with van der Waals surface area (Å²) in [6.45, 7) is 2.93. The lowest BCUT2D eigenvalue weighted by atomic mass is 9.93. The summed E-state index contributed by atoms with van der Waals surface area (Å²) < 4.78 is 0. The molecule has 10 heavy (non-hydrogen) atoms. The third-order valence-electron chi connectivity index (χ3n) is 2.74. The molecule has 2 nitrogen and oxygen atoms in total. The summed E-state index contributed by atoms with van der Waals surface area (Å²) >= 11 is 0. The van der Waals surface area contributed by atoms with Crippen molar-refractivity contribution in [3.05, 3.63) is 0 Å². The molecule has 60 valence electrons. The summed E-state index contributed by atoms with van der Waals surface area (Å²) in [4.78, 5) is 0. The molecule has 0 radical (unpaired) electrons. The molecule has 0 amide bonds. The van der Waals surface area contributed by atoms with E-state index < -0.39 is 0 Å². The van der Waals surface area contributed by atoms with Crippen LogP contribution in [0.3, 0.4) is 0 Å². The molecule has 0 aromatic heterocycles. The van der Waals surface area contributed by atoms with E-state index in [0.717, 1.165) is 13.0 Å². The zero-order valence-corrected chi connectivity index (χ0v) is 6.77. The van der Waals surface area contributed by atoms with E-state index in [-0.39, 0.29) is 0 Å². The summed E-state index contributed by atoms with van der Waals surface area (Å²) in [6.07, 6.45) is 5.03. The highest BCUT2D eigenvalue weighted by molar-refractivity contribution is 4.98. The van der Waals surface area contributed by atoms with Gasteiger partial charge in [-0.2, -0.15) is 0 Å². The molecule has 1 saturated carbocycles. The average Bonchev–Trinajstić information content (AvgIpc) is 2.64. The van der Waals surface area contributed by atoms with Crippen LogP contribution in [0.25, 0.3) is 0 Å². The lowest BCUT2D eigenvalue weighted by Gasteiger charge is -2.18. The van der Waals surface area contributed by atoms with Gasteiger partial charge in [-0.05, 0) is 44.6 Å². The van der Waals surface area contributed by atoms with Gasteiger partial charge >= 0.3 is 0 Å². The van der Waals surface area contributed by atoms with Crippen LogP contribution in [0.15, 0.2) is 0 Å². The van der Waals surface area contributed by atoms with Crippen molar-refractivity contribution >= 4 is 0 Å². The molecule has 0 spiro atoms. The molecule has 1 unspecified atom stereocenters. The molecule has 1 rings (SSSR count). The Morgan fingerprint density at radius 3 is 2.40 bits per heavy atom. The minimum absolute atomic E-state index is 0.374. The fourth-order valence-corrected chi connectivity index (χ4v) is 1.55. The predicted molar refractivity (Wildman–Crippen MR) is 43.6 cm³/mol. The molecule has 1 aliphatic rings. The molecular weight excluding hydrogens is 124 g/mol. The van der Waals surface area contributed by atoms with E-state index in [4.69, 9.17) is 11.5 Å². The van der Waals surface area contributed by atoms with E-state index in [0.29, 0.717) is 11.5 Å². The zero-order chi connectivity index (χ0) is 7.61. The van der Waals surface area contributed by atoms with Gasteiger partial charge < -0.3 is 11.5 Å². The van der Waals surface area contributed by atoms with Gasteiger partial charge in [-0.25, -0.2) is 0 Å². The maximum atomic E-state index is 5.83. The van der Waals surface area contributed by atoms with Gasteiger partial charge in [0.05, 0.1) is 0 Å². The Morgan fingerprint density at radius 2 is 2.10 bits per heavy atom.